The zero-order valence-corrected chi connectivity index (χ0v) is 11.0. The Balaban J connectivity index is 0.000000980. The van der Waals surface area contributed by atoms with Crippen molar-refractivity contribution in [2.24, 2.45) is 0 Å². The third-order valence-electron chi connectivity index (χ3n) is 3.45. The first-order valence-electron chi connectivity index (χ1n) is 5.91. The lowest BCUT2D eigenvalue weighted by Gasteiger charge is -2.33. The summed E-state index contributed by atoms with van der Waals surface area (Å²) in [5.74, 6) is 0. The lowest BCUT2D eigenvalue weighted by atomic mass is 10.0. The molecule has 0 amide bonds. The SMILES string of the molecule is C1CCN(C2CCCNCC2)CC1.Cl.Cl. The molecule has 0 aliphatic carbocycles. The molecule has 0 aromatic rings. The fourth-order valence-corrected chi connectivity index (χ4v) is 2.65. The van der Waals surface area contributed by atoms with Gasteiger partial charge in [-0.2, -0.15) is 0 Å². The van der Waals surface area contributed by atoms with Gasteiger partial charge in [0.05, 0.1) is 0 Å². The van der Waals surface area contributed by atoms with Crippen LogP contribution in [0, 0.1) is 0 Å². The van der Waals surface area contributed by atoms with Crippen molar-refractivity contribution in [2.45, 2.75) is 44.6 Å². The van der Waals surface area contributed by atoms with Gasteiger partial charge in [0.2, 0.25) is 0 Å². The summed E-state index contributed by atoms with van der Waals surface area (Å²) >= 11 is 0. The van der Waals surface area contributed by atoms with Gasteiger partial charge >= 0.3 is 0 Å². The van der Waals surface area contributed by atoms with E-state index in [-0.39, 0.29) is 24.8 Å². The Bertz CT molecular complexity index is 142. The quantitative estimate of drug-likeness (QED) is 0.774. The van der Waals surface area contributed by atoms with E-state index in [1.54, 1.807) is 0 Å². The standard InChI is InChI=1S/C11H22N2.2ClH/c1-2-9-13(10-3-1)11-5-4-7-12-8-6-11;;/h11-12H,1-10H2;2*1H. The van der Waals surface area contributed by atoms with Gasteiger partial charge in [0, 0.05) is 6.04 Å². The van der Waals surface area contributed by atoms with Crippen molar-refractivity contribution in [2.75, 3.05) is 26.2 Å². The monoisotopic (exact) mass is 254 g/mol. The molecule has 2 nitrogen and oxygen atoms in total. The number of likely N-dealkylation sites (tertiary alicyclic amines) is 1. The Kier molecular flexibility index (Phi) is 8.92. The summed E-state index contributed by atoms with van der Waals surface area (Å²) < 4.78 is 0. The second-order valence-electron chi connectivity index (χ2n) is 4.43. The van der Waals surface area contributed by atoms with E-state index >= 15 is 0 Å². The molecule has 2 fully saturated rings. The van der Waals surface area contributed by atoms with Gasteiger partial charge in [-0.1, -0.05) is 6.42 Å². The molecule has 2 aliphatic heterocycles. The molecule has 2 aliphatic rings. The number of rotatable bonds is 1. The highest BCUT2D eigenvalue weighted by molar-refractivity contribution is 5.85. The number of hydrogen-bond acceptors (Lipinski definition) is 2. The summed E-state index contributed by atoms with van der Waals surface area (Å²) in [6.45, 7) is 5.21. The molecule has 1 atom stereocenters. The minimum absolute atomic E-state index is 0. The third kappa shape index (κ3) is 4.90. The van der Waals surface area contributed by atoms with Crippen LogP contribution in [-0.4, -0.2) is 37.1 Å². The highest BCUT2D eigenvalue weighted by Gasteiger charge is 2.20. The number of hydrogen-bond donors (Lipinski definition) is 1. The van der Waals surface area contributed by atoms with Crippen LogP contribution in [-0.2, 0) is 0 Å². The lowest BCUT2D eigenvalue weighted by Crippen LogP contribution is -2.39. The molecule has 2 rings (SSSR count). The molecule has 0 aromatic carbocycles. The summed E-state index contributed by atoms with van der Waals surface area (Å²) in [4.78, 5) is 2.73. The molecular weight excluding hydrogens is 231 g/mol. The molecule has 2 saturated heterocycles. The van der Waals surface area contributed by atoms with E-state index in [1.807, 2.05) is 0 Å². The third-order valence-corrected chi connectivity index (χ3v) is 3.45. The van der Waals surface area contributed by atoms with Gasteiger partial charge in [0.1, 0.15) is 0 Å². The number of piperidine rings is 1. The predicted octanol–water partition coefficient (Wildman–Crippen LogP) is 2.46. The van der Waals surface area contributed by atoms with E-state index in [4.69, 9.17) is 0 Å². The molecule has 0 saturated carbocycles. The predicted molar refractivity (Wildman–Crippen MR) is 70.4 cm³/mol. The van der Waals surface area contributed by atoms with E-state index in [0.717, 1.165) is 6.04 Å². The van der Waals surface area contributed by atoms with E-state index < -0.39 is 0 Å². The maximum absolute atomic E-state index is 3.49. The van der Waals surface area contributed by atoms with Crippen LogP contribution in [0.1, 0.15) is 38.5 Å². The van der Waals surface area contributed by atoms with E-state index in [9.17, 15) is 0 Å². The van der Waals surface area contributed by atoms with Crippen molar-refractivity contribution in [3.05, 3.63) is 0 Å². The molecule has 15 heavy (non-hydrogen) atoms. The molecular formula is C11H24Cl2N2. The maximum Gasteiger partial charge on any atom is 0.0108 e. The smallest absolute Gasteiger partial charge is 0.0108 e. The largest absolute Gasteiger partial charge is 0.317 e. The highest BCUT2D eigenvalue weighted by Crippen LogP contribution is 2.18. The summed E-state index contributed by atoms with van der Waals surface area (Å²) in [7, 11) is 0. The van der Waals surface area contributed by atoms with E-state index in [1.165, 1.54) is 64.7 Å². The van der Waals surface area contributed by atoms with Crippen LogP contribution in [0.4, 0.5) is 0 Å². The van der Waals surface area contributed by atoms with E-state index in [2.05, 4.69) is 10.2 Å². The van der Waals surface area contributed by atoms with Gasteiger partial charge in [-0.25, -0.2) is 0 Å². The Morgan fingerprint density at radius 3 is 2.27 bits per heavy atom. The maximum atomic E-state index is 3.49. The van der Waals surface area contributed by atoms with Gasteiger partial charge in [-0.3, -0.25) is 0 Å². The summed E-state index contributed by atoms with van der Waals surface area (Å²) in [6.07, 6.45) is 8.50. The Morgan fingerprint density at radius 1 is 0.800 bits per heavy atom. The van der Waals surface area contributed by atoms with Crippen molar-refractivity contribution in [1.82, 2.24) is 10.2 Å². The average Bonchev–Trinajstić information content (AvgIpc) is 2.47. The van der Waals surface area contributed by atoms with Crippen molar-refractivity contribution >= 4 is 24.8 Å². The zero-order valence-electron chi connectivity index (χ0n) is 9.41. The molecule has 2 heterocycles. The Hall–Kier alpha value is 0.500. The Morgan fingerprint density at radius 2 is 1.53 bits per heavy atom. The first kappa shape index (κ1) is 15.5. The molecule has 0 aromatic heterocycles. The Labute approximate surface area is 106 Å². The van der Waals surface area contributed by atoms with E-state index in [0.29, 0.717) is 0 Å². The van der Waals surface area contributed by atoms with Gasteiger partial charge < -0.3 is 10.2 Å². The van der Waals surface area contributed by atoms with Gasteiger partial charge in [0.15, 0.2) is 0 Å². The van der Waals surface area contributed by atoms with Gasteiger partial charge in [0.25, 0.3) is 0 Å². The minimum atomic E-state index is 0. The molecule has 1 N–H and O–H groups in total. The molecule has 4 heteroatoms. The number of nitrogens with zero attached hydrogens (tertiary/aromatic N) is 1. The first-order chi connectivity index (χ1) is 6.47. The van der Waals surface area contributed by atoms with Crippen LogP contribution < -0.4 is 5.32 Å². The van der Waals surface area contributed by atoms with Crippen LogP contribution in [0.2, 0.25) is 0 Å². The molecule has 0 radical (unpaired) electrons. The molecule has 92 valence electrons. The van der Waals surface area contributed by atoms with Gasteiger partial charge in [-0.05, 0) is 58.3 Å². The number of nitrogens with one attached hydrogen (secondary N) is 1. The second-order valence-corrected chi connectivity index (χ2v) is 4.43. The average molecular weight is 255 g/mol. The lowest BCUT2D eigenvalue weighted by molar-refractivity contribution is 0.151. The number of halogens is 2. The topological polar surface area (TPSA) is 15.3 Å². The van der Waals surface area contributed by atoms with Crippen molar-refractivity contribution in [1.29, 1.82) is 0 Å². The zero-order chi connectivity index (χ0) is 8.93. The van der Waals surface area contributed by atoms with Crippen LogP contribution in [0.3, 0.4) is 0 Å². The van der Waals surface area contributed by atoms with Crippen LogP contribution in [0.25, 0.3) is 0 Å². The molecule has 0 bridgehead atoms. The van der Waals surface area contributed by atoms with Crippen LogP contribution >= 0.6 is 24.8 Å². The fourth-order valence-electron chi connectivity index (χ4n) is 2.65. The first-order valence-corrected chi connectivity index (χ1v) is 5.91. The van der Waals surface area contributed by atoms with Crippen molar-refractivity contribution in [3.8, 4) is 0 Å². The highest BCUT2D eigenvalue weighted by atomic mass is 35.5. The second kappa shape index (κ2) is 8.63. The van der Waals surface area contributed by atoms with Crippen LogP contribution in [0.15, 0.2) is 0 Å². The van der Waals surface area contributed by atoms with Gasteiger partial charge in [-0.15, -0.1) is 24.8 Å². The molecule has 1 unspecified atom stereocenters. The summed E-state index contributed by atoms with van der Waals surface area (Å²) in [5.41, 5.74) is 0. The van der Waals surface area contributed by atoms with Crippen molar-refractivity contribution < 1.29 is 0 Å². The van der Waals surface area contributed by atoms with Crippen LogP contribution in [0.5, 0.6) is 0 Å². The summed E-state index contributed by atoms with van der Waals surface area (Å²) in [5, 5.41) is 3.49. The fraction of sp³-hybridized carbons (Fsp3) is 1.00. The normalized spacial score (nSPS) is 28.4. The minimum Gasteiger partial charge on any atom is -0.317 e. The summed E-state index contributed by atoms with van der Waals surface area (Å²) in [6, 6.07) is 0.898. The molecule has 0 spiro atoms. The van der Waals surface area contributed by atoms with Crippen molar-refractivity contribution in [3.63, 3.8) is 0 Å².